The molecule has 1 unspecified atom stereocenters. The number of carbonyl (C=O) groups excluding carboxylic acids is 1. The molecule has 1 amide bonds. The van der Waals surface area contributed by atoms with Crippen LogP contribution in [0.2, 0.25) is 0 Å². The van der Waals surface area contributed by atoms with Crippen LogP contribution in [0.4, 0.5) is 0 Å². The molecule has 1 aliphatic heterocycles. The summed E-state index contributed by atoms with van der Waals surface area (Å²) in [6.45, 7) is 9.95. The van der Waals surface area contributed by atoms with Gasteiger partial charge in [-0.1, -0.05) is 27.7 Å². The standard InChI is InChI=1S/C13H24N2OS.ClH/c1-12(2)11(13(12,3)4)15-10(16)7-9-8-17-6-5-14-9;/h9,11,14H,5-8H2,1-4H3,(H,15,16);1H. The lowest BCUT2D eigenvalue weighted by Crippen LogP contribution is -2.42. The summed E-state index contributed by atoms with van der Waals surface area (Å²) in [5, 5.41) is 6.60. The molecule has 2 fully saturated rings. The minimum Gasteiger partial charge on any atom is -0.352 e. The molecule has 1 saturated heterocycles. The summed E-state index contributed by atoms with van der Waals surface area (Å²) in [7, 11) is 0. The molecule has 0 aromatic heterocycles. The van der Waals surface area contributed by atoms with E-state index in [1.807, 2.05) is 11.8 Å². The number of amides is 1. The van der Waals surface area contributed by atoms with Crippen LogP contribution in [0.5, 0.6) is 0 Å². The Bertz CT molecular complexity index is 300. The molecule has 2 rings (SSSR count). The number of carbonyl (C=O) groups is 1. The Kier molecular flexibility index (Phi) is 5.01. The highest BCUT2D eigenvalue weighted by molar-refractivity contribution is 7.99. The third-order valence-corrected chi connectivity index (χ3v) is 5.89. The van der Waals surface area contributed by atoms with Crippen molar-refractivity contribution >= 4 is 30.1 Å². The molecule has 0 aromatic rings. The van der Waals surface area contributed by atoms with Crippen molar-refractivity contribution < 1.29 is 4.79 Å². The van der Waals surface area contributed by atoms with Crippen LogP contribution in [0.3, 0.4) is 0 Å². The van der Waals surface area contributed by atoms with Gasteiger partial charge in [0.1, 0.15) is 0 Å². The molecule has 1 aliphatic carbocycles. The topological polar surface area (TPSA) is 41.1 Å². The minimum atomic E-state index is 0. The molecule has 18 heavy (non-hydrogen) atoms. The molecule has 3 nitrogen and oxygen atoms in total. The van der Waals surface area contributed by atoms with Crippen molar-refractivity contribution in [3.05, 3.63) is 0 Å². The first-order valence-corrected chi connectivity index (χ1v) is 7.61. The fourth-order valence-electron chi connectivity index (χ4n) is 2.75. The Labute approximate surface area is 121 Å². The van der Waals surface area contributed by atoms with Crippen LogP contribution in [0.25, 0.3) is 0 Å². The number of halogens is 1. The Balaban J connectivity index is 0.00000162. The normalized spacial score (nSPS) is 29.2. The Morgan fingerprint density at radius 2 is 1.94 bits per heavy atom. The van der Waals surface area contributed by atoms with Crippen LogP contribution in [0.15, 0.2) is 0 Å². The molecule has 1 saturated carbocycles. The summed E-state index contributed by atoms with van der Waals surface area (Å²) in [4.78, 5) is 12.0. The largest absolute Gasteiger partial charge is 0.352 e. The zero-order valence-electron chi connectivity index (χ0n) is 11.7. The Hall–Kier alpha value is 0.0700. The van der Waals surface area contributed by atoms with E-state index >= 15 is 0 Å². The zero-order valence-corrected chi connectivity index (χ0v) is 13.3. The fourth-order valence-corrected chi connectivity index (χ4v) is 3.70. The summed E-state index contributed by atoms with van der Waals surface area (Å²) >= 11 is 1.94. The van der Waals surface area contributed by atoms with Crippen LogP contribution in [0.1, 0.15) is 34.1 Å². The maximum absolute atomic E-state index is 12.0. The molecule has 106 valence electrons. The highest BCUT2D eigenvalue weighted by Gasteiger charge is 2.65. The predicted octanol–water partition coefficient (Wildman–Crippen LogP) is 2.05. The van der Waals surface area contributed by atoms with Gasteiger partial charge in [-0.2, -0.15) is 11.8 Å². The van der Waals surface area contributed by atoms with E-state index < -0.39 is 0 Å². The van der Waals surface area contributed by atoms with Crippen LogP contribution in [0, 0.1) is 10.8 Å². The summed E-state index contributed by atoms with van der Waals surface area (Å²) in [5.41, 5.74) is 0.467. The third-order valence-electron chi connectivity index (χ3n) is 4.76. The number of hydrogen-bond acceptors (Lipinski definition) is 3. The van der Waals surface area contributed by atoms with Crippen LogP contribution in [-0.2, 0) is 4.79 Å². The zero-order chi connectivity index (χ0) is 12.7. The first kappa shape index (κ1) is 16.1. The van der Waals surface area contributed by atoms with E-state index in [0.717, 1.165) is 12.3 Å². The SMILES string of the molecule is CC1(C)C(NC(=O)CC2CSCCN2)C1(C)C.Cl. The number of hydrogen-bond donors (Lipinski definition) is 2. The Morgan fingerprint density at radius 1 is 1.33 bits per heavy atom. The second kappa shape index (κ2) is 5.59. The molecule has 0 spiro atoms. The molecule has 1 heterocycles. The van der Waals surface area contributed by atoms with Gasteiger partial charge >= 0.3 is 0 Å². The molecular formula is C13H25ClN2OS. The van der Waals surface area contributed by atoms with Crippen molar-refractivity contribution in [1.29, 1.82) is 0 Å². The van der Waals surface area contributed by atoms with E-state index in [4.69, 9.17) is 0 Å². The van der Waals surface area contributed by atoms with Gasteiger partial charge in [0, 0.05) is 36.6 Å². The van der Waals surface area contributed by atoms with Crippen LogP contribution in [-0.4, -0.2) is 36.0 Å². The second-order valence-electron chi connectivity index (χ2n) is 6.37. The van der Waals surface area contributed by atoms with Gasteiger partial charge < -0.3 is 10.6 Å². The molecule has 5 heteroatoms. The predicted molar refractivity (Wildman–Crippen MR) is 80.5 cm³/mol. The highest BCUT2D eigenvalue weighted by Crippen LogP contribution is 2.62. The van der Waals surface area contributed by atoms with Crippen molar-refractivity contribution in [2.75, 3.05) is 18.1 Å². The molecule has 2 aliphatic rings. The van der Waals surface area contributed by atoms with Gasteiger partial charge in [-0.15, -0.1) is 12.4 Å². The molecule has 2 N–H and O–H groups in total. The minimum absolute atomic E-state index is 0. The van der Waals surface area contributed by atoms with Crippen molar-refractivity contribution in [3.8, 4) is 0 Å². The lowest BCUT2D eigenvalue weighted by molar-refractivity contribution is -0.121. The van der Waals surface area contributed by atoms with Gasteiger partial charge in [-0.05, 0) is 10.8 Å². The summed E-state index contributed by atoms with van der Waals surface area (Å²) < 4.78 is 0. The molecule has 0 aromatic carbocycles. The quantitative estimate of drug-likeness (QED) is 0.836. The van der Waals surface area contributed by atoms with Crippen molar-refractivity contribution in [2.45, 2.75) is 46.2 Å². The monoisotopic (exact) mass is 292 g/mol. The third kappa shape index (κ3) is 2.97. The van der Waals surface area contributed by atoms with Crippen molar-refractivity contribution in [1.82, 2.24) is 10.6 Å². The summed E-state index contributed by atoms with van der Waals surface area (Å²) in [6, 6.07) is 0.692. The van der Waals surface area contributed by atoms with Gasteiger partial charge in [0.15, 0.2) is 0 Å². The van der Waals surface area contributed by atoms with Crippen LogP contribution >= 0.6 is 24.2 Å². The molecular weight excluding hydrogens is 268 g/mol. The Morgan fingerprint density at radius 3 is 2.39 bits per heavy atom. The van der Waals surface area contributed by atoms with E-state index in [-0.39, 0.29) is 29.1 Å². The second-order valence-corrected chi connectivity index (χ2v) is 7.52. The molecule has 1 atom stereocenters. The van der Waals surface area contributed by atoms with Gasteiger partial charge in [-0.25, -0.2) is 0 Å². The average molecular weight is 293 g/mol. The first-order chi connectivity index (χ1) is 7.85. The van der Waals surface area contributed by atoms with E-state index in [1.165, 1.54) is 5.75 Å². The lowest BCUT2D eigenvalue weighted by Gasteiger charge is -2.22. The highest BCUT2D eigenvalue weighted by atomic mass is 35.5. The lowest BCUT2D eigenvalue weighted by atomic mass is 10.0. The number of nitrogens with one attached hydrogen (secondary N) is 2. The van der Waals surface area contributed by atoms with Gasteiger partial charge in [0.05, 0.1) is 0 Å². The van der Waals surface area contributed by atoms with Crippen molar-refractivity contribution in [3.63, 3.8) is 0 Å². The first-order valence-electron chi connectivity index (χ1n) is 6.46. The van der Waals surface area contributed by atoms with E-state index in [9.17, 15) is 4.79 Å². The van der Waals surface area contributed by atoms with Crippen LogP contribution < -0.4 is 10.6 Å². The van der Waals surface area contributed by atoms with Gasteiger partial charge in [-0.3, -0.25) is 4.79 Å². The fraction of sp³-hybridized carbons (Fsp3) is 0.923. The summed E-state index contributed by atoms with van der Waals surface area (Å²) in [6.07, 6.45) is 0.621. The number of thioether (sulfide) groups is 1. The molecule has 0 bridgehead atoms. The molecule has 0 radical (unpaired) electrons. The van der Waals surface area contributed by atoms with E-state index in [1.54, 1.807) is 0 Å². The average Bonchev–Trinajstić information content (AvgIpc) is 2.62. The van der Waals surface area contributed by atoms with Crippen molar-refractivity contribution in [2.24, 2.45) is 10.8 Å². The van der Waals surface area contributed by atoms with E-state index in [0.29, 0.717) is 18.5 Å². The maximum atomic E-state index is 12.0. The van der Waals surface area contributed by atoms with Gasteiger partial charge in [0.25, 0.3) is 0 Å². The number of rotatable bonds is 3. The van der Waals surface area contributed by atoms with E-state index in [2.05, 4.69) is 38.3 Å². The summed E-state index contributed by atoms with van der Waals surface area (Å²) in [5.74, 6) is 2.43. The smallest absolute Gasteiger partial charge is 0.221 e. The van der Waals surface area contributed by atoms with Gasteiger partial charge in [0.2, 0.25) is 5.91 Å². The maximum Gasteiger partial charge on any atom is 0.221 e.